The number of fused-ring (bicyclic) bond motifs is 1. The zero-order valence-electron chi connectivity index (χ0n) is 10.1. The maximum Gasteiger partial charge on any atom is 0.0486 e. The lowest BCUT2D eigenvalue weighted by Gasteiger charge is -2.15. The molecule has 0 saturated heterocycles. The summed E-state index contributed by atoms with van der Waals surface area (Å²) in [4.78, 5) is 0. The zero-order valence-corrected chi connectivity index (χ0v) is 10.9. The Labute approximate surface area is 106 Å². The lowest BCUT2D eigenvalue weighted by molar-refractivity contribution is 0.880. The zero-order chi connectivity index (χ0) is 11.7. The van der Waals surface area contributed by atoms with E-state index in [9.17, 15) is 0 Å². The van der Waals surface area contributed by atoms with Crippen molar-refractivity contribution in [1.29, 1.82) is 0 Å². The number of aryl methyl sites for hydroxylation is 2. The summed E-state index contributed by atoms with van der Waals surface area (Å²) in [5, 5.41) is 7.81. The Morgan fingerprint density at radius 3 is 2.88 bits per heavy atom. The van der Waals surface area contributed by atoms with E-state index in [1.165, 1.54) is 30.5 Å². The van der Waals surface area contributed by atoms with Gasteiger partial charge < -0.3 is 5.32 Å². The topological polar surface area (TPSA) is 12.0 Å². The average Bonchev–Trinajstić information content (AvgIpc) is 2.97. The monoisotopic (exact) mass is 243 g/mol. The lowest BCUT2D eigenvalue weighted by Crippen LogP contribution is -2.06. The molecular weight excluding hydrogens is 226 g/mol. The predicted molar refractivity (Wildman–Crippen MR) is 74.8 cm³/mol. The van der Waals surface area contributed by atoms with Crippen LogP contribution in [-0.2, 0) is 12.8 Å². The van der Waals surface area contributed by atoms with E-state index in [4.69, 9.17) is 0 Å². The number of anilines is 1. The van der Waals surface area contributed by atoms with E-state index in [1.807, 2.05) is 0 Å². The first-order chi connectivity index (χ1) is 8.33. The standard InChI is InChI=1S/C15H17NS/c1-11(16-15-7-8-17-10-15)13-6-5-12-3-2-4-14(12)9-13/h5-11,16H,2-4H2,1H3. The van der Waals surface area contributed by atoms with Crippen molar-refractivity contribution in [3.8, 4) is 0 Å². The molecule has 0 saturated carbocycles. The summed E-state index contributed by atoms with van der Waals surface area (Å²) in [5.74, 6) is 0. The molecule has 1 atom stereocenters. The Hall–Kier alpha value is -1.28. The Morgan fingerprint density at radius 2 is 2.06 bits per heavy atom. The fraction of sp³-hybridized carbons (Fsp3) is 0.333. The summed E-state index contributed by atoms with van der Waals surface area (Å²) in [6, 6.07) is 9.48. The van der Waals surface area contributed by atoms with Gasteiger partial charge in [-0.1, -0.05) is 18.2 Å². The second kappa shape index (κ2) is 4.53. The van der Waals surface area contributed by atoms with E-state index in [0.29, 0.717) is 6.04 Å². The van der Waals surface area contributed by atoms with Gasteiger partial charge in [0.05, 0.1) is 0 Å². The van der Waals surface area contributed by atoms with E-state index in [2.05, 4.69) is 47.3 Å². The van der Waals surface area contributed by atoms with Gasteiger partial charge in [0.1, 0.15) is 0 Å². The Morgan fingerprint density at radius 1 is 1.18 bits per heavy atom. The van der Waals surface area contributed by atoms with Gasteiger partial charge in [-0.2, -0.15) is 11.3 Å². The molecule has 0 spiro atoms. The first kappa shape index (κ1) is 10.8. The van der Waals surface area contributed by atoms with Crippen LogP contribution in [0.1, 0.15) is 36.1 Å². The third-order valence-corrected chi connectivity index (χ3v) is 4.21. The highest BCUT2D eigenvalue weighted by Crippen LogP contribution is 2.27. The van der Waals surface area contributed by atoms with Gasteiger partial charge in [0.2, 0.25) is 0 Å². The molecule has 0 bridgehead atoms. The molecule has 1 aliphatic carbocycles. The summed E-state index contributed by atoms with van der Waals surface area (Å²) < 4.78 is 0. The number of thiophene rings is 1. The minimum absolute atomic E-state index is 0.385. The highest BCUT2D eigenvalue weighted by atomic mass is 32.1. The van der Waals surface area contributed by atoms with Crippen LogP contribution in [0.4, 0.5) is 5.69 Å². The molecule has 1 aromatic heterocycles. The summed E-state index contributed by atoms with van der Waals surface area (Å²) in [5.41, 5.74) is 5.73. The number of hydrogen-bond acceptors (Lipinski definition) is 2. The fourth-order valence-electron chi connectivity index (χ4n) is 2.54. The van der Waals surface area contributed by atoms with E-state index in [0.717, 1.165) is 0 Å². The van der Waals surface area contributed by atoms with Crippen molar-refractivity contribution >= 4 is 17.0 Å². The molecule has 0 radical (unpaired) electrons. The smallest absolute Gasteiger partial charge is 0.0486 e. The SMILES string of the molecule is CC(Nc1ccsc1)c1ccc2c(c1)CCC2. The van der Waals surface area contributed by atoms with Crippen molar-refractivity contribution in [2.45, 2.75) is 32.2 Å². The quantitative estimate of drug-likeness (QED) is 0.842. The van der Waals surface area contributed by atoms with Crippen LogP contribution in [0.2, 0.25) is 0 Å². The summed E-state index contributed by atoms with van der Waals surface area (Å²) in [7, 11) is 0. The van der Waals surface area contributed by atoms with Crippen LogP contribution in [0, 0.1) is 0 Å². The first-order valence-corrected chi connectivity index (χ1v) is 7.17. The van der Waals surface area contributed by atoms with Gasteiger partial charge in [0, 0.05) is 17.1 Å². The molecule has 1 aliphatic rings. The minimum Gasteiger partial charge on any atom is -0.378 e. The van der Waals surface area contributed by atoms with Gasteiger partial charge in [-0.3, -0.25) is 0 Å². The number of nitrogens with one attached hydrogen (secondary N) is 1. The van der Waals surface area contributed by atoms with Gasteiger partial charge in [0.15, 0.2) is 0 Å². The summed E-state index contributed by atoms with van der Waals surface area (Å²) in [6.45, 7) is 2.23. The molecule has 1 heterocycles. The summed E-state index contributed by atoms with van der Waals surface area (Å²) >= 11 is 1.73. The van der Waals surface area contributed by atoms with Gasteiger partial charge >= 0.3 is 0 Å². The van der Waals surface area contributed by atoms with Crippen molar-refractivity contribution in [2.75, 3.05) is 5.32 Å². The molecule has 88 valence electrons. The van der Waals surface area contributed by atoms with Crippen molar-refractivity contribution in [3.63, 3.8) is 0 Å². The molecule has 2 aromatic rings. The Balaban J connectivity index is 1.79. The Bertz CT molecular complexity index is 502. The van der Waals surface area contributed by atoms with Crippen LogP contribution in [-0.4, -0.2) is 0 Å². The highest BCUT2D eigenvalue weighted by molar-refractivity contribution is 7.08. The maximum atomic E-state index is 3.54. The number of benzene rings is 1. The molecule has 1 aromatic carbocycles. The molecule has 1 unspecified atom stereocenters. The van der Waals surface area contributed by atoms with Crippen LogP contribution in [0.5, 0.6) is 0 Å². The second-order valence-corrected chi connectivity index (χ2v) is 5.54. The van der Waals surface area contributed by atoms with Crippen molar-refractivity contribution in [2.24, 2.45) is 0 Å². The van der Waals surface area contributed by atoms with Gasteiger partial charge in [-0.05, 0) is 54.3 Å². The van der Waals surface area contributed by atoms with Crippen molar-refractivity contribution < 1.29 is 0 Å². The summed E-state index contributed by atoms with van der Waals surface area (Å²) in [6.07, 6.45) is 3.85. The molecule has 2 heteroatoms. The fourth-order valence-corrected chi connectivity index (χ4v) is 3.14. The van der Waals surface area contributed by atoms with Crippen LogP contribution in [0.3, 0.4) is 0 Å². The lowest BCUT2D eigenvalue weighted by atomic mass is 10.0. The molecule has 0 aliphatic heterocycles. The predicted octanol–water partition coefficient (Wildman–Crippen LogP) is 4.41. The van der Waals surface area contributed by atoms with Crippen LogP contribution < -0.4 is 5.32 Å². The van der Waals surface area contributed by atoms with Crippen LogP contribution in [0.15, 0.2) is 35.0 Å². The molecule has 3 rings (SSSR count). The van der Waals surface area contributed by atoms with E-state index >= 15 is 0 Å². The van der Waals surface area contributed by atoms with Crippen LogP contribution >= 0.6 is 11.3 Å². The van der Waals surface area contributed by atoms with E-state index in [1.54, 1.807) is 22.5 Å². The highest BCUT2D eigenvalue weighted by Gasteiger charge is 2.13. The van der Waals surface area contributed by atoms with E-state index in [-0.39, 0.29) is 0 Å². The van der Waals surface area contributed by atoms with Gasteiger partial charge in [0.25, 0.3) is 0 Å². The van der Waals surface area contributed by atoms with Crippen molar-refractivity contribution in [1.82, 2.24) is 0 Å². The molecule has 0 fully saturated rings. The Kier molecular flexibility index (Phi) is 2.89. The molecule has 0 amide bonds. The first-order valence-electron chi connectivity index (χ1n) is 6.23. The number of hydrogen-bond donors (Lipinski definition) is 1. The molecule has 17 heavy (non-hydrogen) atoms. The molecular formula is C15H17NS. The van der Waals surface area contributed by atoms with Crippen molar-refractivity contribution in [3.05, 3.63) is 51.7 Å². The minimum atomic E-state index is 0.385. The van der Waals surface area contributed by atoms with Gasteiger partial charge in [-0.15, -0.1) is 0 Å². The normalized spacial score (nSPS) is 15.6. The molecule has 1 N–H and O–H groups in total. The average molecular weight is 243 g/mol. The molecule has 1 nitrogen and oxygen atoms in total. The maximum absolute atomic E-state index is 3.54. The van der Waals surface area contributed by atoms with Gasteiger partial charge in [-0.25, -0.2) is 0 Å². The largest absolute Gasteiger partial charge is 0.378 e. The third kappa shape index (κ3) is 2.22. The second-order valence-electron chi connectivity index (χ2n) is 4.76. The van der Waals surface area contributed by atoms with Crippen LogP contribution in [0.25, 0.3) is 0 Å². The third-order valence-electron chi connectivity index (χ3n) is 3.53. The van der Waals surface area contributed by atoms with E-state index < -0.39 is 0 Å². The number of rotatable bonds is 3.